The van der Waals surface area contributed by atoms with Crippen LogP contribution in [0.25, 0.3) is 0 Å². The molecule has 1 aromatic heterocycles. The molecule has 0 radical (unpaired) electrons. The van der Waals surface area contributed by atoms with Crippen LogP contribution >= 0.6 is 15.9 Å². The van der Waals surface area contributed by atoms with Crippen molar-refractivity contribution in [3.63, 3.8) is 0 Å². The molecule has 0 aromatic carbocycles. The second kappa shape index (κ2) is 7.07. The monoisotopic (exact) mass is 342 g/mol. The summed E-state index contributed by atoms with van der Waals surface area (Å²) in [5.41, 5.74) is 0. The van der Waals surface area contributed by atoms with Crippen molar-refractivity contribution in [2.24, 2.45) is 5.92 Å². The topological polar surface area (TPSA) is 37.6 Å². The van der Waals surface area contributed by atoms with E-state index in [-0.39, 0.29) is 0 Å². The first-order valence-electron chi connectivity index (χ1n) is 7.57. The van der Waals surface area contributed by atoms with Crippen LogP contribution in [0.5, 0.6) is 0 Å². The van der Waals surface area contributed by atoms with Gasteiger partial charge in [-0.2, -0.15) is 0 Å². The van der Waals surface area contributed by atoms with Gasteiger partial charge < -0.3 is 19.4 Å². The van der Waals surface area contributed by atoms with Gasteiger partial charge in [-0.15, -0.1) is 0 Å². The summed E-state index contributed by atoms with van der Waals surface area (Å²) in [5.74, 6) is 1.77. The van der Waals surface area contributed by atoms with Crippen molar-refractivity contribution in [2.45, 2.75) is 31.8 Å². The molecule has 1 atom stereocenters. The minimum atomic E-state index is 0.620. The van der Waals surface area contributed by atoms with Crippen LogP contribution in [0.4, 0.5) is 0 Å². The second-order valence-electron chi connectivity index (χ2n) is 5.89. The Balaban J connectivity index is 1.35. The third-order valence-corrected chi connectivity index (χ3v) is 4.75. The molecule has 5 heteroatoms. The Morgan fingerprint density at radius 2 is 2.10 bits per heavy atom. The minimum Gasteiger partial charge on any atom is -0.453 e. The number of nitrogens with zero attached hydrogens (tertiary/aromatic N) is 1. The molecule has 2 fully saturated rings. The van der Waals surface area contributed by atoms with Crippen molar-refractivity contribution in [3.05, 3.63) is 22.6 Å². The lowest BCUT2D eigenvalue weighted by Gasteiger charge is -2.33. The Hall–Kier alpha value is -0.360. The van der Waals surface area contributed by atoms with Gasteiger partial charge in [-0.25, -0.2) is 0 Å². The van der Waals surface area contributed by atoms with Crippen LogP contribution in [0.15, 0.2) is 21.2 Å². The van der Waals surface area contributed by atoms with Crippen molar-refractivity contribution in [3.8, 4) is 0 Å². The number of hydrogen-bond donors (Lipinski definition) is 1. The second-order valence-corrected chi connectivity index (χ2v) is 6.67. The Morgan fingerprint density at radius 3 is 2.75 bits per heavy atom. The van der Waals surface area contributed by atoms with Gasteiger partial charge >= 0.3 is 0 Å². The van der Waals surface area contributed by atoms with Crippen molar-refractivity contribution in [1.82, 2.24) is 10.2 Å². The molecule has 2 aliphatic heterocycles. The number of hydrogen-bond acceptors (Lipinski definition) is 4. The maximum atomic E-state index is 5.51. The first-order valence-corrected chi connectivity index (χ1v) is 8.36. The predicted octanol–water partition coefficient (Wildman–Crippen LogP) is 2.63. The number of piperidine rings is 1. The van der Waals surface area contributed by atoms with Gasteiger partial charge in [-0.05, 0) is 66.3 Å². The van der Waals surface area contributed by atoms with E-state index in [4.69, 9.17) is 9.15 Å². The average molecular weight is 343 g/mol. The summed E-state index contributed by atoms with van der Waals surface area (Å²) in [6.45, 7) is 6.38. The van der Waals surface area contributed by atoms with Crippen LogP contribution in [0.1, 0.15) is 25.0 Å². The fraction of sp³-hybridized carbons (Fsp3) is 0.733. The number of furan rings is 1. The summed E-state index contributed by atoms with van der Waals surface area (Å²) in [6.07, 6.45) is 3.70. The molecular formula is C15H23BrN2O2. The quantitative estimate of drug-likeness (QED) is 0.892. The molecule has 3 heterocycles. The lowest BCUT2D eigenvalue weighted by atomic mass is 10.0. The van der Waals surface area contributed by atoms with Gasteiger partial charge in [0.05, 0.1) is 13.2 Å². The normalized spacial score (nSPS) is 25.4. The molecule has 3 rings (SSSR count). The van der Waals surface area contributed by atoms with Crippen LogP contribution in [-0.4, -0.2) is 43.8 Å². The standard InChI is InChI=1S/C15H23BrN2O2/c16-15-2-1-14(20-15)9-17-13-3-6-18(7-4-13)10-12-5-8-19-11-12/h1-2,12-13,17H,3-11H2/t12-/m0/s1. The van der Waals surface area contributed by atoms with Crippen LogP contribution in [0, 0.1) is 5.92 Å². The zero-order valence-corrected chi connectivity index (χ0v) is 13.4. The van der Waals surface area contributed by atoms with E-state index in [1.807, 2.05) is 12.1 Å². The molecule has 2 saturated heterocycles. The highest BCUT2D eigenvalue weighted by Crippen LogP contribution is 2.18. The summed E-state index contributed by atoms with van der Waals surface area (Å²) in [7, 11) is 0. The summed E-state index contributed by atoms with van der Waals surface area (Å²) >= 11 is 3.34. The molecule has 0 unspecified atom stereocenters. The summed E-state index contributed by atoms with van der Waals surface area (Å²) in [5, 5.41) is 3.60. The Morgan fingerprint density at radius 1 is 1.25 bits per heavy atom. The highest BCUT2D eigenvalue weighted by Gasteiger charge is 2.23. The molecule has 20 heavy (non-hydrogen) atoms. The molecule has 1 aromatic rings. The van der Waals surface area contributed by atoms with Crippen molar-refractivity contribution >= 4 is 15.9 Å². The van der Waals surface area contributed by atoms with Gasteiger partial charge in [0.15, 0.2) is 4.67 Å². The first kappa shape index (κ1) is 14.6. The Kier molecular flexibility index (Phi) is 5.15. The number of nitrogens with one attached hydrogen (secondary N) is 1. The fourth-order valence-corrected chi connectivity index (χ4v) is 3.44. The Labute approximate surface area is 129 Å². The van der Waals surface area contributed by atoms with E-state index in [1.165, 1.54) is 38.9 Å². The van der Waals surface area contributed by atoms with Gasteiger partial charge in [0.1, 0.15) is 5.76 Å². The molecule has 1 N–H and O–H groups in total. The molecule has 0 spiro atoms. The van der Waals surface area contributed by atoms with E-state index >= 15 is 0 Å². The largest absolute Gasteiger partial charge is 0.453 e. The van der Waals surface area contributed by atoms with Gasteiger partial charge in [-0.1, -0.05) is 0 Å². The Bertz CT molecular complexity index is 410. The number of rotatable bonds is 5. The minimum absolute atomic E-state index is 0.620. The number of likely N-dealkylation sites (tertiary alicyclic amines) is 1. The fourth-order valence-electron chi connectivity index (χ4n) is 3.10. The SMILES string of the molecule is Brc1ccc(CNC2CCN(C[C@@H]3CCOC3)CC2)o1. The van der Waals surface area contributed by atoms with Crippen molar-refractivity contribution in [1.29, 1.82) is 0 Å². The van der Waals surface area contributed by atoms with Gasteiger partial charge in [0.25, 0.3) is 0 Å². The van der Waals surface area contributed by atoms with E-state index in [0.29, 0.717) is 6.04 Å². The van der Waals surface area contributed by atoms with E-state index in [2.05, 4.69) is 26.1 Å². The third-order valence-electron chi connectivity index (χ3n) is 4.32. The maximum Gasteiger partial charge on any atom is 0.169 e. The molecule has 0 saturated carbocycles. The molecule has 4 nitrogen and oxygen atoms in total. The molecule has 0 amide bonds. The first-order chi connectivity index (χ1) is 9.79. The van der Waals surface area contributed by atoms with Crippen LogP contribution in [-0.2, 0) is 11.3 Å². The predicted molar refractivity (Wildman–Crippen MR) is 81.6 cm³/mol. The summed E-state index contributed by atoms with van der Waals surface area (Å²) in [4.78, 5) is 2.60. The third kappa shape index (κ3) is 4.07. The van der Waals surface area contributed by atoms with Crippen molar-refractivity contribution < 1.29 is 9.15 Å². The molecule has 0 bridgehead atoms. The zero-order valence-electron chi connectivity index (χ0n) is 11.8. The lowest BCUT2D eigenvalue weighted by molar-refractivity contribution is 0.147. The highest BCUT2D eigenvalue weighted by atomic mass is 79.9. The van der Waals surface area contributed by atoms with Gasteiger partial charge in [0.2, 0.25) is 0 Å². The highest BCUT2D eigenvalue weighted by molar-refractivity contribution is 9.10. The lowest BCUT2D eigenvalue weighted by Crippen LogP contribution is -2.43. The van der Waals surface area contributed by atoms with Gasteiger partial charge in [-0.3, -0.25) is 0 Å². The maximum absolute atomic E-state index is 5.51. The van der Waals surface area contributed by atoms with Crippen LogP contribution in [0.2, 0.25) is 0 Å². The van der Waals surface area contributed by atoms with Gasteiger partial charge in [0, 0.05) is 19.2 Å². The molecule has 0 aliphatic carbocycles. The van der Waals surface area contributed by atoms with Crippen LogP contribution in [0.3, 0.4) is 0 Å². The average Bonchev–Trinajstić information content (AvgIpc) is 3.10. The van der Waals surface area contributed by atoms with E-state index in [0.717, 1.165) is 36.1 Å². The zero-order chi connectivity index (χ0) is 13.8. The van der Waals surface area contributed by atoms with E-state index in [9.17, 15) is 0 Å². The van der Waals surface area contributed by atoms with E-state index < -0.39 is 0 Å². The smallest absolute Gasteiger partial charge is 0.169 e. The molecule has 2 aliphatic rings. The molecule has 112 valence electrons. The number of ether oxygens (including phenoxy) is 1. The molecular weight excluding hydrogens is 320 g/mol. The summed E-state index contributed by atoms with van der Waals surface area (Å²) < 4.78 is 11.8. The summed E-state index contributed by atoms with van der Waals surface area (Å²) in [6, 6.07) is 4.59. The van der Waals surface area contributed by atoms with E-state index in [1.54, 1.807) is 0 Å². The van der Waals surface area contributed by atoms with Crippen LogP contribution < -0.4 is 5.32 Å². The number of halogens is 1. The van der Waals surface area contributed by atoms with Crippen molar-refractivity contribution in [2.75, 3.05) is 32.8 Å².